The monoisotopic (exact) mass is 611 g/mol. The lowest BCUT2D eigenvalue weighted by atomic mass is 9.93. The molecule has 0 radical (unpaired) electrons. The van der Waals surface area contributed by atoms with E-state index in [1.165, 1.54) is 0 Å². The minimum Gasteiger partial charge on any atom is -0.493 e. The number of hydrogen-bond acceptors (Lipinski definition) is 5. The van der Waals surface area contributed by atoms with Crippen molar-refractivity contribution >= 4 is 46.7 Å². The number of carboxylic acid groups (broad SMARTS) is 1. The molecule has 0 saturated carbocycles. The van der Waals surface area contributed by atoms with Crippen LogP contribution in [0.4, 0.5) is 0 Å². The third kappa shape index (κ3) is 7.06. The van der Waals surface area contributed by atoms with Crippen LogP contribution in [0.25, 0.3) is 0 Å². The van der Waals surface area contributed by atoms with Gasteiger partial charge in [-0.25, -0.2) is 0 Å². The number of ether oxygens (including phenoxy) is 3. The first kappa shape index (κ1) is 28.6. The van der Waals surface area contributed by atoms with Crippen LogP contribution in [0.3, 0.4) is 0 Å². The second-order valence-electron chi connectivity index (χ2n) is 9.29. The zero-order valence-corrected chi connectivity index (χ0v) is 23.8. The fourth-order valence-corrected chi connectivity index (χ4v) is 4.90. The van der Waals surface area contributed by atoms with Crippen LogP contribution in [0.1, 0.15) is 33.8 Å². The normalized spacial score (nSPS) is 14.0. The Morgan fingerprint density at radius 3 is 2.22 bits per heavy atom. The number of carboxylic acids is 1. The highest BCUT2D eigenvalue weighted by Crippen LogP contribution is 2.42. The summed E-state index contributed by atoms with van der Waals surface area (Å²) in [6.07, 6.45) is 0.898. The quantitative estimate of drug-likeness (QED) is 0.198. The number of fused-ring (bicyclic) bond motifs is 1. The number of hydrogen-bond donors (Lipinski definition) is 2. The van der Waals surface area contributed by atoms with Crippen LogP contribution >= 0.6 is 34.8 Å². The summed E-state index contributed by atoms with van der Waals surface area (Å²) in [4.78, 5) is 24.3. The third-order valence-electron chi connectivity index (χ3n) is 6.50. The van der Waals surface area contributed by atoms with Gasteiger partial charge in [0.15, 0.2) is 0 Å². The molecule has 0 bridgehead atoms. The molecule has 210 valence electrons. The molecular formula is C31H24Cl3NO6. The van der Waals surface area contributed by atoms with Crippen LogP contribution in [-0.4, -0.2) is 30.1 Å². The van der Waals surface area contributed by atoms with Crippen molar-refractivity contribution in [3.63, 3.8) is 0 Å². The summed E-state index contributed by atoms with van der Waals surface area (Å²) in [6.45, 7) is 0.668. The Labute approximate surface area is 251 Å². The van der Waals surface area contributed by atoms with Crippen molar-refractivity contribution in [2.45, 2.75) is 18.8 Å². The van der Waals surface area contributed by atoms with Crippen LogP contribution in [0, 0.1) is 0 Å². The van der Waals surface area contributed by atoms with Gasteiger partial charge in [-0.2, -0.15) is 0 Å². The minimum absolute atomic E-state index is 0.245. The van der Waals surface area contributed by atoms with E-state index in [2.05, 4.69) is 5.32 Å². The van der Waals surface area contributed by atoms with Crippen LogP contribution in [0.2, 0.25) is 15.1 Å². The molecule has 41 heavy (non-hydrogen) atoms. The van der Waals surface area contributed by atoms with Crippen molar-refractivity contribution in [1.29, 1.82) is 0 Å². The lowest BCUT2D eigenvalue weighted by molar-refractivity contribution is -0.139. The standard InChI is InChI=1S/C31H24Cl3NO6/c32-20-5-9-23(10-6-20)40-27-15-21(33)4-1-18(27)11-13-35-30(36)19-2-7-22(8-3-19)41-29-17-28-25(16-26(29)34)24(31(37)38)12-14-39-28/h1-10,15-17,24H,11-14H2,(H,35,36)(H,37,38). The molecule has 0 spiro atoms. The van der Waals surface area contributed by atoms with Crippen molar-refractivity contribution in [1.82, 2.24) is 5.32 Å². The molecule has 1 unspecified atom stereocenters. The molecule has 4 aromatic rings. The van der Waals surface area contributed by atoms with Crippen molar-refractivity contribution in [2.24, 2.45) is 0 Å². The molecule has 1 atom stereocenters. The Balaban J connectivity index is 1.19. The molecule has 10 heteroatoms. The molecule has 1 amide bonds. The lowest BCUT2D eigenvalue weighted by Crippen LogP contribution is -2.25. The van der Waals surface area contributed by atoms with Crippen LogP contribution in [0.5, 0.6) is 28.7 Å². The van der Waals surface area contributed by atoms with Gasteiger partial charge in [0.2, 0.25) is 0 Å². The number of carbonyl (C=O) groups excluding carboxylic acids is 1. The van der Waals surface area contributed by atoms with Gasteiger partial charge in [-0.3, -0.25) is 9.59 Å². The number of aliphatic carboxylic acids is 1. The van der Waals surface area contributed by atoms with Gasteiger partial charge in [-0.05, 0) is 85.1 Å². The van der Waals surface area contributed by atoms with Crippen LogP contribution < -0.4 is 19.5 Å². The van der Waals surface area contributed by atoms with E-state index in [1.807, 2.05) is 6.07 Å². The third-order valence-corrected chi connectivity index (χ3v) is 7.28. The zero-order valence-electron chi connectivity index (χ0n) is 21.5. The first-order valence-electron chi connectivity index (χ1n) is 12.7. The topological polar surface area (TPSA) is 94.1 Å². The van der Waals surface area contributed by atoms with Crippen LogP contribution in [-0.2, 0) is 11.2 Å². The molecule has 0 fully saturated rings. The molecular weight excluding hydrogens is 589 g/mol. The maximum atomic E-state index is 12.8. The van der Waals surface area contributed by atoms with Gasteiger partial charge < -0.3 is 24.6 Å². The van der Waals surface area contributed by atoms with Crippen molar-refractivity contribution in [2.75, 3.05) is 13.2 Å². The lowest BCUT2D eigenvalue weighted by Gasteiger charge is -2.24. The van der Waals surface area contributed by atoms with E-state index in [4.69, 9.17) is 49.0 Å². The summed E-state index contributed by atoms with van der Waals surface area (Å²) in [5.74, 6) is 0.594. The van der Waals surface area contributed by atoms with Gasteiger partial charge >= 0.3 is 5.97 Å². The van der Waals surface area contributed by atoms with E-state index in [0.717, 1.165) is 5.56 Å². The van der Waals surface area contributed by atoms with Gasteiger partial charge in [-0.15, -0.1) is 0 Å². The number of nitrogens with one attached hydrogen (secondary N) is 1. The summed E-state index contributed by atoms with van der Waals surface area (Å²) in [5, 5.41) is 13.8. The molecule has 1 aliphatic heterocycles. The van der Waals surface area contributed by atoms with E-state index in [1.54, 1.807) is 72.8 Å². The Kier molecular flexibility index (Phi) is 8.88. The highest BCUT2D eigenvalue weighted by atomic mass is 35.5. The smallest absolute Gasteiger partial charge is 0.311 e. The average Bonchev–Trinajstić information content (AvgIpc) is 2.95. The Hall–Kier alpha value is -3.91. The van der Waals surface area contributed by atoms with Gasteiger partial charge in [0.25, 0.3) is 5.91 Å². The first-order chi connectivity index (χ1) is 19.8. The average molecular weight is 613 g/mol. The van der Waals surface area contributed by atoms with Crippen molar-refractivity contribution in [3.8, 4) is 28.7 Å². The van der Waals surface area contributed by atoms with E-state index in [-0.39, 0.29) is 10.9 Å². The fraction of sp³-hybridized carbons (Fsp3) is 0.161. The molecule has 0 aliphatic carbocycles. The van der Waals surface area contributed by atoms with Gasteiger partial charge in [-0.1, -0.05) is 40.9 Å². The largest absolute Gasteiger partial charge is 0.493 e. The summed E-state index contributed by atoms with van der Waals surface area (Å²) < 4.78 is 17.5. The predicted octanol–water partition coefficient (Wildman–Crippen LogP) is 8.15. The number of halogens is 3. The molecule has 7 nitrogen and oxygen atoms in total. The zero-order chi connectivity index (χ0) is 28.9. The highest BCUT2D eigenvalue weighted by molar-refractivity contribution is 6.32. The van der Waals surface area contributed by atoms with Crippen molar-refractivity contribution < 1.29 is 28.9 Å². The molecule has 2 N–H and O–H groups in total. The molecule has 1 aliphatic rings. The predicted molar refractivity (Wildman–Crippen MR) is 157 cm³/mol. The first-order valence-corrected chi connectivity index (χ1v) is 13.9. The molecule has 4 aromatic carbocycles. The summed E-state index contributed by atoms with van der Waals surface area (Å²) >= 11 is 18.5. The number of rotatable bonds is 9. The van der Waals surface area contributed by atoms with Gasteiger partial charge in [0.1, 0.15) is 28.7 Å². The second kappa shape index (κ2) is 12.7. The highest BCUT2D eigenvalue weighted by Gasteiger charge is 2.29. The Bertz CT molecular complexity index is 1570. The van der Waals surface area contributed by atoms with E-state index >= 15 is 0 Å². The SMILES string of the molecule is O=C(NCCc1ccc(Cl)cc1Oc1ccc(Cl)cc1)c1ccc(Oc2cc3c(cc2Cl)C(C(=O)O)CCO3)cc1. The number of benzene rings is 4. The maximum Gasteiger partial charge on any atom is 0.311 e. The summed E-state index contributed by atoms with van der Waals surface area (Å²) in [7, 11) is 0. The Morgan fingerprint density at radius 2 is 1.51 bits per heavy atom. The second-order valence-corrected chi connectivity index (χ2v) is 10.6. The number of carbonyl (C=O) groups is 2. The van der Waals surface area contributed by atoms with Gasteiger partial charge in [0, 0.05) is 33.8 Å². The van der Waals surface area contributed by atoms with Gasteiger partial charge in [0.05, 0.1) is 17.5 Å². The summed E-state index contributed by atoms with van der Waals surface area (Å²) in [6, 6.07) is 22.2. The van der Waals surface area contributed by atoms with E-state index in [0.29, 0.717) is 75.9 Å². The molecule has 0 saturated heterocycles. The molecule has 5 rings (SSSR count). The summed E-state index contributed by atoms with van der Waals surface area (Å²) in [5.41, 5.74) is 1.86. The van der Waals surface area contributed by atoms with Crippen molar-refractivity contribution in [3.05, 3.63) is 111 Å². The van der Waals surface area contributed by atoms with Crippen LogP contribution in [0.15, 0.2) is 78.9 Å². The van der Waals surface area contributed by atoms with E-state index in [9.17, 15) is 14.7 Å². The van der Waals surface area contributed by atoms with E-state index < -0.39 is 11.9 Å². The minimum atomic E-state index is -0.923. The Morgan fingerprint density at radius 1 is 0.854 bits per heavy atom. The molecule has 0 aromatic heterocycles. The maximum absolute atomic E-state index is 12.8. The molecule has 1 heterocycles. The fourth-order valence-electron chi connectivity index (χ4n) is 4.40. The number of amides is 1.